The summed E-state index contributed by atoms with van der Waals surface area (Å²) in [5.74, 6) is 0.705. The van der Waals surface area contributed by atoms with Gasteiger partial charge >= 0.3 is 0 Å². The van der Waals surface area contributed by atoms with E-state index in [1.807, 2.05) is 19.1 Å². The number of benzene rings is 2. The molecule has 0 saturated carbocycles. The number of nitrogens with one attached hydrogen (secondary N) is 2. The van der Waals surface area contributed by atoms with Gasteiger partial charge in [0.1, 0.15) is 11.6 Å². The Morgan fingerprint density at radius 3 is 2.32 bits per heavy atom. The molecule has 0 bridgehead atoms. The SMILES string of the molecule is CC1CC(=O)c2c(nc(Nc3ccc(Cl)cc3)nc2Nc2ccc(F)cc2)C1. The molecule has 1 aliphatic carbocycles. The molecule has 0 saturated heterocycles. The summed E-state index contributed by atoms with van der Waals surface area (Å²) in [5.41, 5.74) is 2.64. The van der Waals surface area contributed by atoms with Crippen molar-refractivity contribution in [3.8, 4) is 0 Å². The first-order valence-electron chi connectivity index (χ1n) is 8.97. The van der Waals surface area contributed by atoms with E-state index >= 15 is 0 Å². The fourth-order valence-electron chi connectivity index (χ4n) is 3.25. The molecular formula is C21H18ClFN4O. The van der Waals surface area contributed by atoms with E-state index in [1.165, 1.54) is 12.1 Å². The number of carbonyl (C=O) groups is 1. The first-order valence-corrected chi connectivity index (χ1v) is 9.35. The number of anilines is 4. The molecule has 0 spiro atoms. The first kappa shape index (κ1) is 18.4. The normalized spacial score (nSPS) is 15.8. The molecule has 0 fully saturated rings. The van der Waals surface area contributed by atoms with Crippen LogP contribution in [0.25, 0.3) is 0 Å². The highest BCUT2D eigenvalue weighted by Gasteiger charge is 2.28. The average Bonchev–Trinajstić information content (AvgIpc) is 2.65. The van der Waals surface area contributed by atoms with Crippen molar-refractivity contribution in [2.45, 2.75) is 19.8 Å². The summed E-state index contributed by atoms with van der Waals surface area (Å²) in [4.78, 5) is 21.7. The van der Waals surface area contributed by atoms with Gasteiger partial charge in [0.2, 0.25) is 5.95 Å². The molecule has 4 rings (SSSR count). The van der Waals surface area contributed by atoms with Crippen LogP contribution in [-0.4, -0.2) is 15.8 Å². The standard InChI is InChI=1S/C21H18ClFN4O/c1-12-10-17-19(18(28)11-12)20(24-15-8-4-14(23)5-9-15)27-21(26-17)25-16-6-2-13(22)3-7-16/h2-9,12H,10-11H2,1H3,(H2,24,25,26,27). The third kappa shape index (κ3) is 3.97. The highest BCUT2D eigenvalue weighted by Crippen LogP contribution is 2.32. The minimum Gasteiger partial charge on any atom is -0.339 e. The summed E-state index contributed by atoms with van der Waals surface area (Å²) in [6, 6.07) is 13.1. The van der Waals surface area contributed by atoms with Gasteiger partial charge < -0.3 is 10.6 Å². The van der Waals surface area contributed by atoms with Crippen molar-refractivity contribution in [1.82, 2.24) is 9.97 Å². The van der Waals surface area contributed by atoms with Crippen LogP contribution in [0.1, 0.15) is 29.4 Å². The Morgan fingerprint density at radius 1 is 0.964 bits per heavy atom. The monoisotopic (exact) mass is 396 g/mol. The zero-order chi connectivity index (χ0) is 19.7. The van der Waals surface area contributed by atoms with Crippen LogP contribution < -0.4 is 10.6 Å². The largest absolute Gasteiger partial charge is 0.339 e. The minimum absolute atomic E-state index is 0.0106. The zero-order valence-corrected chi connectivity index (χ0v) is 15.9. The smallest absolute Gasteiger partial charge is 0.229 e. The Morgan fingerprint density at radius 2 is 1.61 bits per heavy atom. The molecule has 1 atom stereocenters. The summed E-state index contributed by atoms with van der Waals surface area (Å²) < 4.78 is 13.2. The minimum atomic E-state index is -0.328. The van der Waals surface area contributed by atoms with Crippen molar-refractivity contribution in [2.75, 3.05) is 10.6 Å². The molecular weight excluding hydrogens is 379 g/mol. The molecule has 1 unspecified atom stereocenters. The molecule has 0 aliphatic heterocycles. The van der Waals surface area contributed by atoms with E-state index in [-0.39, 0.29) is 17.5 Å². The molecule has 0 radical (unpaired) electrons. The second-order valence-corrected chi connectivity index (χ2v) is 7.35. The van der Waals surface area contributed by atoms with Crippen LogP contribution in [0.4, 0.5) is 27.5 Å². The number of carbonyl (C=O) groups excluding carboxylic acids is 1. The molecule has 5 nitrogen and oxygen atoms in total. The third-order valence-corrected chi connectivity index (χ3v) is 4.80. The maximum absolute atomic E-state index is 13.2. The lowest BCUT2D eigenvalue weighted by molar-refractivity contribution is 0.0953. The number of rotatable bonds is 4. The maximum atomic E-state index is 13.2. The lowest BCUT2D eigenvalue weighted by Gasteiger charge is -2.23. The number of halogens is 2. The predicted molar refractivity (Wildman–Crippen MR) is 108 cm³/mol. The Bertz CT molecular complexity index is 1020. The van der Waals surface area contributed by atoms with Gasteiger partial charge in [-0.05, 0) is 60.9 Å². The summed E-state index contributed by atoms with van der Waals surface area (Å²) >= 11 is 5.93. The number of Topliss-reactive ketones (excluding diaryl/α,β-unsaturated/α-hetero) is 1. The van der Waals surface area contributed by atoms with Gasteiger partial charge in [0.05, 0.1) is 11.3 Å². The second-order valence-electron chi connectivity index (χ2n) is 6.92. The average molecular weight is 397 g/mol. The van der Waals surface area contributed by atoms with E-state index in [0.29, 0.717) is 46.6 Å². The van der Waals surface area contributed by atoms with Crippen molar-refractivity contribution < 1.29 is 9.18 Å². The fraction of sp³-hybridized carbons (Fsp3) is 0.190. The highest BCUT2D eigenvalue weighted by atomic mass is 35.5. The van der Waals surface area contributed by atoms with Crippen LogP contribution >= 0.6 is 11.6 Å². The van der Waals surface area contributed by atoms with E-state index in [1.54, 1.807) is 24.3 Å². The number of aromatic nitrogens is 2. The Kier molecular flexibility index (Phi) is 4.96. The quantitative estimate of drug-likeness (QED) is 0.607. The number of fused-ring (bicyclic) bond motifs is 1. The van der Waals surface area contributed by atoms with Gasteiger partial charge in [0.15, 0.2) is 5.78 Å². The van der Waals surface area contributed by atoms with Crippen molar-refractivity contribution in [3.63, 3.8) is 0 Å². The molecule has 2 N–H and O–H groups in total. The predicted octanol–water partition coefficient (Wildman–Crippen LogP) is 5.52. The number of nitrogens with zero attached hydrogens (tertiary/aromatic N) is 2. The number of hydrogen-bond acceptors (Lipinski definition) is 5. The molecule has 2 aromatic carbocycles. The highest BCUT2D eigenvalue weighted by molar-refractivity contribution is 6.30. The molecule has 7 heteroatoms. The number of hydrogen-bond donors (Lipinski definition) is 2. The van der Waals surface area contributed by atoms with Crippen LogP contribution in [0.15, 0.2) is 48.5 Å². The summed E-state index contributed by atoms with van der Waals surface area (Å²) in [6.07, 6.45) is 1.15. The van der Waals surface area contributed by atoms with Crippen molar-refractivity contribution >= 4 is 40.5 Å². The Balaban J connectivity index is 1.73. The summed E-state index contributed by atoms with van der Waals surface area (Å²) in [6.45, 7) is 2.03. The summed E-state index contributed by atoms with van der Waals surface area (Å²) in [7, 11) is 0. The van der Waals surface area contributed by atoms with Gasteiger partial charge in [-0.1, -0.05) is 18.5 Å². The molecule has 1 aromatic heterocycles. The van der Waals surface area contributed by atoms with Crippen molar-refractivity contribution in [2.24, 2.45) is 5.92 Å². The Labute approximate surface area is 167 Å². The van der Waals surface area contributed by atoms with Gasteiger partial charge in [0.25, 0.3) is 0 Å². The van der Waals surface area contributed by atoms with Crippen LogP contribution in [0, 0.1) is 11.7 Å². The molecule has 142 valence electrons. The van der Waals surface area contributed by atoms with Gasteiger partial charge in [-0.2, -0.15) is 4.98 Å². The Hall–Kier alpha value is -2.99. The molecule has 1 heterocycles. The van der Waals surface area contributed by atoms with Crippen LogP contribution in [0.2, 0.25) is 5.02 Å². The molecule has 1 aliphatic rings. The molecule has 28 heavy (non-hydrogen) atoms. The topological polar surface area (TPSA) is 66.9 Å². The third-order valence-electron chi connectivity index (χ3n) is 4.55. The van der Waals surface area contributed by atoms with Crippen molar-refractivity contribution in [1.29, 1.82) is 0 Å². The van der Waals surface area contributed by atoms with Crippen molar-refractivity contribution in [3.05, 3.63) is 70.6 Å². The molecule has 3 aromatic rings. The van der Waals surface area contributed by atoms with Gasteiger partial charge in [-0.15, -0.1) is 0 Å². The van der Waals surface area contributed by atoms with Gasteiger partial charge in [0, 0.05) is 22.8 Å². The van der Waals surface area contributed by atoms with Crippen LogP contribution in [-0.2, 0) is 6.42 Å². The van der Waals surface area contributed by atoms with E-state index in [2.05, 4.69) is 20.6 Å². The van der Waals surface area contributed by atoms with Gasteiger partial charge in [-0.3, -0.25) is 4.79 Å². The fourth-order valence-corrected chi connectivity index (χ4v) is 3.37. The van der Waals surface area contributed by atoms with E-state index in [0.717, 1.165) is 5.69 Å². The number of ketones is 1. The van der Waals surface area contributed by atoms with E-state index < -0.39 is 0 Å². The lowest BCUT2D eigenvalue weighted by Crippen LogP contribution is -2.22. The summed E-state index contributed by atoms with van der Waals surface area (Å²) in [5, 5.41) is 6.93. The zero-order valence-electron chi connectivity index (χ0n) is 15.2. The van der Waals surface area contributed by atoms with E-state index in [4.69, 9.17) is 11.6 Å². The van der Waals surface area contributed by atoms with Crippen LogP contribution in [0.3, 0.4) is 0 Å². The maximum Gasteiger partial charge on any atom is 0.229 e. The first-order chi connectivity index (χ1) is 13.5. The lowest BCUT2D eigenvalue weighted by atomic mass is 9.87. The van der Waals surface area contributed by atoms with Gasteiger partial charge in [-0.25, -0.2) is 9.37 Å². The second kappa shape index (κ2) is 7.56. The van der Waals surface area contributed by atoms with E-state index in [9.17, 15) is 9.18 Å². The van der Waals surface area contributed by atoms with Crippen LogP contribution in [0.5, 0.6) is 0 Å². The molecule has 0 amide bonds.